The van der Waals surface area contributed by atoms with Crippen LogP contribution in [-0.2, 0) is 0 Å². The van der Waals surface area contributed by atoms with Gasteiger partial charge in [-0.25, -0.2) is 4.98 Å². The van der Waals surface area contributed by atoms with Crippen LogP contribution in [0.5, 0.6) is 0 Å². The number of rotatable bonds is 2. The van der Waals surface area contributed by atoms with Gasteiger partial charge in [0.15, 0.2) is 0 Å². The highest BCUT2D eigenvalue weighted by Crippen LogP contribution is 2.21. The number of carbonyl (C=O) groups excluding carboxylic acids is 1. The monoisotopic (exact) mass is 250 g/mol. The molecule has 1 saturated heterocycles. The van der Waals surface area contributed by atoms with Crippen molar-refractivity contribution in [3.05, 3.63) is 29.8 Å². The summed E-state index contributed by atoms with van der Waals surface area (Å²) in [5.41, 5.74) is 0.0952. The van der Waals surface area contributed by atoms with Gasteiger partial charge in [-0.2, -0.15) is 4.39 Å². The molecule has 1 aliphatic heterocycles. The number of likely N-dealkylation sites (tertiary alicyclic amines) is 1. The van der Waals surface area contributed by atoms with E-state index in [9.17, 15) is 9.18 Å². The van der Waals surface area contributed by atoms with Crippen LogP contribution in [0.3, 0.4) is 0 Å². The lowest BCUT2D eigenvalue weighted by atomic mass is 10.1. The molecular weight excluding hydrogens is 231 g/mol. The van der Waals surface area contributed by atoms with Gasteiger partial charge in [-0.3, -0.25) is 4.79 Å². The first-order valence-corrected chi connectivity index (χ1v) is 6.65. The third kappa shape index (κ3) is 2.68. The summed E-state index contributed by atoms with van der Waals surface area (Å²) in [4.78, 5) is 17.8. The molecule has 1 atom stereocenters. The Morgan fingerprint density at radius 3 is 3.06 bits per heavy atom. The fourth-order valence-electron chi connectivity index (χ4n) is 2.57. The fourth-order valence-corrected chi connectivity index (χ4v) is 2.57. The van der Waals surface area contributed by atoms with E-state index in [-0.39, 0.29) is 17.5 Å². The molecule has 1 aromatic heterocycles. The predicted octanol–water partition coefficient (Wildman–Crippen LogP) is 3.02. The lowest BCUT2D eigenvalue weighted by Crippen LogP contribution is -2.40. The Morgan fingerprint density at radius 1 is 1.50 bits per heavy atom. The topological polar surface area (TPSA) is 33.2 Å². The quantitative estimate of drug-likeness (QED) is 0.756. The number of amides is 1. The predicted molar refractivity (Wildman–Crippen MR) is 67.8 cm³/mol. The highest BCUT2D eigenvalue weighted by Gasteiger charge is 2.26. The van der Waals surface area contributed by atoms with Crippen LogP contribution in [0.1, 0.15) is 49.4 Å². The maximum absolute atomic E-state index is 13.6. The van der Waals surface area contributed by atoms with Crippen LogP contribution in [0.2, 0.25) is 0 Å². The number of hydrogen-bond acceptors (Lipinski definition) is 2. The number of nitrogens with zero attached hydrogens (tertiary/aromatic N) is 2. The van der Waals surface area contributed by atoms with Gasteiger partial charge in [0.05, 0.1) is 5.56 Å². The van der Waals surface area contributed by atoms with E-state index in [2.05, 4.69) is 11.9 Å². The number of carbonyl (C=O) groups is 1. The lowest BCUT2D eigenvalue weighted by molar-refractivity contribution is 0.0672. The summed E-state index contributed by atoms with van der Waals surface area (Å²) in [7, 11) is 0. The van der Waals surface area contributed by atoms with Gasteiger partial charge in [-0.1, -0.05) is 19.8 Å². The molecule has 0 saturated carbocycles. The van der Waals surface area contributed by atoms with Gasteiger partial charge in [0.25, 0.3) is 5.91 Å². The first kappa shape index (κ1) is 13.0. The van der Waals surface area contributed by atoms with E-state index in [1.54, 1.807) is 6.07 Å². The van der Waals surface area contributed by atoms with Crippen molar-refractivity contribution in [2.24, 2.45) is 0 Å². The molecule has 3 nitrogen and oxygen atoms in total. The normalized spacial score (nSPS) is 20.6. The van der Waals surface area contributed by atoms with E-state index in [4.69, 9.17) is 0 Å². The molecule has 18 heavy (non-hydrogen) atoms. The minimum atomic E-state index is -0.665. The average Bonchev–Trinajstić information content (AvgIpc) is 2.63. The van der Waals surface area contributed by atoms with Crippen LogP contribution in [0.15, 0.2) is 18.3 Å². The molecule has 1 aromatic rings. The Kier molecular flexibility index (Phi) is 4.28. The Bertz CT molecular complexity index is 422. The van der Waals surface area contributed by atoms with Crippen LogP contribution in [0.25, 0.3) is 0 Å². The molecule has 2 heterocycles. The zero-order valence-corrected chi connectivity index (χ0v) is 10.7. The summed E-state index contributed by atoms with van der Waals surface area (Å²) in [6.07, 6.45) is 6.61. The average molecular weight is 250 g/mol. The molecule has 0 N–H and O–H groups in total. The highest BCUT2D eigenvalue weighted by molar-refractivity contribution is 5.94. The van der Waals surface area contributed by atoms with Crippen molar-refractivity contribution in [3.8, 4) is 0 Å². The smallest absolute Gasteiger partial charge is 0.258 e. The minimum Gasteiger partial charge on any atom is -0.336 e. The van der Waals surface area contributed by atoms with Gasteiger partial charge in [-0.15, -0.1) is 0 Å². The Balaban J connectivity index is 2.23. The Labute approximate surface area is 107 Å². The van der Waals surface area contributed by atoms with Crippen molar-refractivity contribution in [3.63, 3.8) is 0 Å². The van der Waals surface area contributed by atoms with Crippen LogP contribution in [0, 0.1) is 5.95 Å². The van der Waals surface area contributed by atoms with Crippen molar-refractivity contribution in [2.45, 2.75) is 45.1 Å². The zero-order chi connectivity index (χ0) is 13.0. The van der Waals surface area contributed by atoms with E-state index >= 15 is 0 Å². The van der Waals surface area contributed by atoms with Gasteiger partial charge in [0.2, 0.25) is 5.95 Å². The Hall–Kier alpha value is -1.45. The van der Waals surface area contributed by atoms with Gasteiger partial charge in [-0.05, 0) is 31.4 Å². The first-order chi connectivity index (χ1) is 8.74. The van der Waals surface area contributed by atoms with Crippen molar-refractivity contribution in [1.29, 1.82) is 0 Å². The van der Waals surface area contributed by atoms with Gasteiger partial charge >= 0.3 is 0 Å². The van der Waals surface area contributed by atoms with E-state index in [0.717, 1.165) is 38.6 Å². The summed E-state index contributed by atoms with van der Waals surface area (Å²) in [5, 5.41) is 0. The van der Waals surface area contributed by atoms with Gasteiger partial charge < -0.3 is 4.90 Å². The summed E-state index contributed by atoms with van der Waals surface area (Å²) in [5.74, 6) is -0.879. The molecular formula is C14H19FN2O. The molecule has 4 heteroatoms. The van der Waals surface area contributed by atoms with E-state index in [0.29, 0.717) is 0 Å². The van der Waals surface area contributed by atoms with Crippen molar-refractivity contribution < 1.29 is 9.18 Å². The second-order valence-corrected chi connectivity index (χ2v) is 4.75. The summed E-state index contributed by atoms with van der Waals surface area (Å²) in [6, 6.07) is 3.36. The molecule has 0 aliphatic carbocycles. The fraction of sp³-hybridized carbons (Fsp3) is 0.571. The summed E-state index contributed by atoms with van der Waals surface area (Å²) in [6.45, 7) is 2.81. The second kappa shape index (κ2) is 5.94. The van der Waals surface area contributed by atoms with Crippen LogP contribution in [-0.4, -0.2) is 28.4 Å². The first-order valence-electron chi connectivity index (χ1n) is 6.65. The van der Waals surface area contributed by atoms with E-state index in [1.807, 2.05) is 4.90 Å². The summed E-state index contributed by atoms with van der Waals surface area (Å²) < 4.78 is 13.6. The summed E-state index contributed by atoms with van der Waals surface area (Å²) >= 11 is 0. The van der Waals surface area contributed by atoms with Gasteiger partial charge in [0.1, 0.15) is 0 Å². The van der Waals surface area contributed by atoms with Crippen LogP contribution in [0.4, 0.5) is 4.39 Å². The molecule has 1 aliphatic rings. The number of halogens is 1. The minimum absolute atomic E-state index is 0.0952. The molecule has 1 fully saturated rings. The highest BCUT2D eigenvalue weighted by atomic mass is 19.1. The molecule has 0 spiro atoms. The molecule has 0 aromatic carbocycles. The van der Waals surface area contributed by atoms with Crippen LogP contribution < -0.4 is 0 Å². The molecule has 0 bridgehead atoms. The third-order valence-corrected chi connectivity index (χ3v) is 3.60. The maximum atomic E-state index is 13.6. The lowest BCUT2D eigenvalue weighted by Gasteiger charge is -2.29. The largest absolute Gasteiger partial charge is 0.336 e. The number of pyridine rings is 1. The second-order valence-electron chi connectivity index (χ2n) is 4.75. The van der Waals surface area contributed by atoms with E-state index < -0.39 is 5.95 Å². The van der Waals surface area contributed by atoms with Crippen molar-refractivity contribution >= 4 is 5.91 Å². The number of aromatic nitrogens is 1. The molecule has 2 rings (SSSR count). The van der Waals surface area contributed by atoms with E-state index in [1.165, 1.54) is 12.3 Å². The molecule has 0 radical (unpaired) electrons. The number of hydrogen-bond donors (Lipinski definition) is 0. The van der Waals surface area contributed by atoms with Crippen molar-refractivity contribution in [2.75, 3.05) is 6.54 Å². The SMILES string of the molecule is CCC1CCCCCN1C(=O)c1cccnc1F. The third-order valence-electron chi connectivity index (χ3n) is 3.60. The Morgan fingerprint density at radius 2 is 2.33 bits per heavy atom. The molecule has 98 valence electrons. The standard InChI is InChI=1S/C14H19FN2O/c1-2-11-7-4-3-5-10-17(11)14(18)12-8-6-9-16-13(12)15/h6,8-9,11H,2-5,7,10H2,1H3. The molecule has 1 unspecified atom stereocenters. The van der Waals surface area contributed by atoms with Crippen LogP contribution >= 0.6 is 0 Å². The van der Waals surface area contributed by atoms with Gasteiger partial charge in [0, 0.05) is 18.8 Å². The zero-order valence-electron chi connectivity index (χ0n) is 10.7. The molecule has 1 amide bonds. The van der Waals surface area contributed by atoms with Crippen molar-refractivity contribution in [1.82, 2.24) is 9.88 Å². The maximum Gasteiger partial charge on any atom is 0.258 e.